The predicted octanol–water partition coefficient (Wildman–Crippen LogP) is 1.49. The largest absolute Gasteiger partial charge is 0.340 e. The van der Waals surface area contributed by atoms with Gasteiger partial charge < -0.3 is 20.7 Å². The van der Waals surface area contributed by atoms with Gasteiger partial charge in [0, 0.05) is 24.0 Å². The van der Waals surface area contributed by atoms with Gasteiger partial charge in [-0.2, -0.15) is 0 Å². The second kappa shape index (κ2) is 7.70. The highest BCUT2D eigenvalue weighted by Gasteiger charge is 2.40. The maximum absolute atomic E-state index is 13.0. The molecule has 6 nitrogen and oxygen atoms in total. The van der Waals surface area contributed by atoms with Crippen molar-refractivity contribution in [1.29, 1.82) is 0 Å². The van der Waals surface area contributed by atoms with Gasteiger partial charge in [0.05, 0.1) is 11.6 Å². The first-order valence-electron chi connectivity index (χ1n) is 8.54. The van der Waals surface area contributed by atoms with Gasteiger partial charge >= 0.3 is 0 Å². The van der Waals surface area contributed by atoms with Crippen LogP contribution in [0.1, 0.15) is 40.0 Å². The summed E-state index contributed by atoms with van der Waals surface area (Å²) >= 11 is 6.17. The fourth-order valence-corrected chi connectivity index (χ4v) is 3.45. The van der Waals surface area contributed by atoms with E-state index in [1.165, 1.54) is 0 Å². The molecule has 138 valence electrons. The first-order valence-corrected chi connectivity index (χ1v) is 8.92. The van der Waals surface area contributed by atoms with E-state index >= 15 is 0 Å². The van der Waals surface area contributed by atoms with Crippen LogP contribution in [-0.2, 0) is 14.4 Å². The molecule has 0 aromatic heterocycles. The van der Waals surface area contributed by atoms with E-state index in [9.17, 15) is 14.4 Å². The average molecular weight is 368 g/mol. The van der Waals surface area contributed by atoms with E-state index in [1.54, 1.807) is 17.1 Å². The number of aldehydes is 1. The van der Waals surface area contributed by atoms with E-state index in [0.717, 1.165) is 12.7 Å². The highest BCUT2D eigenvalue weighted by Crippen LogP contribution is 2.27. The Balaban J connectivity index is 2.20. The molecule has 0 saturated carbocycles. The van der Waals surface area contributed by atoms with E-state index in [1.807, 2.05) is 20.8 Å². The molecule has 0 radical (unpaired) electrons. The van der Waals surface area contributed by atoms with Gasteiger partial charge in [-0.1, -0.05) is 44.5 Å². The molecular formula is C18H26ClN3O3. The Hall–Kier alpha value is -1.66. The van der Waals surface area contributed by atoms with Crippen molar-refractivity contribution in [1.82, 2.24) is 10.2 Å². The van der Waals surface area contributed by atoms with Crippen LogP contribution >= 0.6 is 11.6 Å². The molecule has 7 heteroatoms. The molecule has 0 bridgehead atoms. The summed E-state index contributed by atoms with van der Waals surface area (Å²) in [5, 5.41) is 3.20. The molecule has 25 heavy (non-hydrogen) atoms. The SMILES string of the molecule is CC(C)(C)[C@H](NC(=O)C1=C(Cl)CC(N)C=C1)C(=O)N1CCC[C@H]1C=O. The van der Waals surface area contributed by atoms with E-state index < -0.39 is 23.4 Å². The van der Waals surface area contributed by atoms with Gasteiger partial charge in [0.1, 0.15) is 12.3 Å². The zero-order chi connectivity index (χ0) is 18.8. The van der Waals surface area contributed by atoms with E-state index in [2.05, 4.69) is 5.32 Å². The fraction of sp³-hybridized carbons (Fsp3) is 0.611. The van der Waals surface area contributed by atoms with Gasteiger partial charge in [0.25, 0.3) is 5.91 Å². The molecule has 3 N–H and O–H groups in total. The van der Waals surface area contributed by atoms with Crippen LogP contribution in [-0.4, -0.2) is 47.7 Å². The molecule has 1 aliphatic heterocycles. The van der Waals surface area contributed by atoms with Gasteiger partial charge in [0.15, 0.2) is 0 Å². The van der Waals surface area contributed by atoms with Crippen LogP contribution in [0.2, 0.25) is 0 Å². The van der Waals surface area contributed by atoms with Crippen molar-refractivity contribution in [2.24, 2.45) is 11.1 Å². The zero-order valence-corrected chi connectivity index (χ0v) is 15.7. The summed E-state index contributed by atoms with van der Waals surface area (Å²) in [6.07, 6.45) is 5.97. The number of halogens is 1. The van der Waals surface area contributed by atoms with Crippen LogP contribution < -0.4 is 11.1 Å². The third kappa shape index (κ3) is 4.50. The van der Waals surface area contributed by atoms with Crippen LogP contribution in [0, 0.1) is 5.41 Å². The quantitative estimate of drug-likeness (QED) is 0.736. The molecule has 2 aliphatic rings. The summed E-state index contributed by atoms with van der Waals surface area (Å²) < 4.78 is 0. The minimum Gasteiger partial charge on any atom is -0.340 e. The first-order chi connectivity index (χ1) is 11.6. The van der Waals surface area contributed by atoms with Crippen molar-refractivity contribution in [2.45, 2.75) is 58.2 Å². The molecule has 1 saturated heterocycles. The molecule has 1 aliphatic carbocycles. The molecule has 0 aromatic carbocycles. The van der Waals surface area contributed by atoms with Crippen molar-refractivity contribution < 1.29 is 14.4 Å². The van der Waals surface area contributed by atoms with Gasteiger partial charge in [-0.25, -0.2) is 0 Å². The third-order valence-corrected chi connectivity index (χ3v) is 4.95. The standard InChI is InChI=1S/C18H26ClN3O3/c1-18(2,3)15(17(25)22-8-4-5-12(22)10-23)21-16(24)13-7-6-11(20)9-14(13)19/h6-7,10-12,15H,4-5,8-9,20H2,1-3H3,(H,21,24)/t11?,12-,15+/m0/s1. The van der Waals surface area contributed by atoms with Crippen LogP contribution in [0.15, 0.2) is 22.8 Å². The Kier molecular flexibility index (Phi) is 6.06. The summed E-state index contributed by atoms with van der Waals surface area (Å²) in [6, 6.07) is -1.37. The molecule has 1 fully saturated rings. The molecule has 1 heterocycles. The fourth-order valence-electron chi connectivity index (χ4n) is 3.12. The van der Waals surface area contributed by atoms with Gasteiger partial charge in [0.2, 0.25) is 5.91 Å². The van der Waals surface area contributed by atoms with Gasteiger partial charge in [-0.15, -0.1) is 0 Å². The van der Waals surface area contributed by atoms with E-state index in [0.29, 0.717) is 30.0 Å². The Bertz CT molecular complexity index is 622. The highest BCUT2D eigenvalue weighted by atomic mass is 35.5. The van der Waals surface area contributed by atoms with Crippen LogP contribution in [0.5, 0.6) is 0 Å². The Morgan fingerprint density at radius 3 is 2.68 bits per heavy atom. The Labute approximate surface area is 153 Å². The van der Waals surface area contributed by atoms with Gasteiger partial charge in [-0.05, 0) is 18.3 Å². The number of likely N-dealkylation sites (tertiary alicyclic amines) is 1. The van der Waals surface area contributed by atoms with Gasteiger partial charge in [-0.3, -0.25) is 9.59 Å². The normalized spacial score (nSPS) is 25.1. The lowest BCUT2D eigenvalue weighted by Gasteiger charge is -2.35. The smallest absolute Gasteiger partial charge is 0.253 e. The second-order valence-electron chi connectivity index (χ2n) is 7.70. The number of carbonyl (C=O) groups is 3. The Morgan fingerprint density at radius 2 is 2.12 bits per heavy atom. The number of nitrogens with zero attached hydrogens (tertiary/aromatic N) is 1. The van der Waals surface area contributed by atoms with Crippen molar-refractivity contribution in [3.63, 3.8) is 0 Å². The third-order valence-electron chi connectivity index (χ3n) is 4.59. The molecular weight excluding hydrogens is 342 g/mol. The number of hydrogen-bond donors (Lipinski definition) is 2. The predicted molar refractivity (Wildman–Crippen MR) is 96.8 cm³/mol. The van der Waals surface area contributed by atoms with Crippen LogP contribution in [0.25, 0.3) is 0 Å². The Morgan fingerprint density at radius 1 is 1.44 bits per heavy atom. The lowest BCUT2D eigenvalue weighted by atomic mass is 9.85. The maximum atomic E-state index is 13.0. The number of carbonyl (C=O) groups excluding carboxylic acids is 3. The number of rotatable bonds is 4. The van der Waals surface area contributed by atoms with Crippen molar-refractivity contribution in [3.05, 3.63) is 22.8 Å². The lowest BCUT2D eigenvalue weighted by molar-refractivity contribution is -0.140. The number of nitrogens with two attached hydrogens (primary N) is 1. The summed E-state index contributed by atoms with van der Waals surface area (Å²) in [5.41, 5.74) is 5.61. The molecule has 2 rings (SSSR count). The molecule has 0 spiro atoms. The zero-order valence-electron chi connectivity index (χ0n) is 14.9. The highest BCUT2D eigenvalue weighted by molar-refractivity contribution is 6.32. The number of nitrogens with one attached hydrogen (secondary N) is 1. The van der Waals surface area contributed by atoms with Crippen LogP contribution in [0.4, 0.5) is 0 Å². The van der Waals surface area contributed by atoms with Crippen molar-refractivity contribution in [2.75, 3.05) is 6.54 Å². The average Bonchev–Trinajstić information content (AvgIpc) is 2.99. The summed E-state index contributed by atoms with van der Waals surface area (Å²) in [6.45, 7) is 6.17. The summed E-state index contributed by atoms with van der Waals surface area (Å²) in [7, 11) is 0. The number of hydrogen-bond acceptors (Lipinski definition) is 4. The molecule has 1 unspecified atom stereocenters. The minimum atomic E-state index is -0.749. The van der Waals surface area contributed by atoms with Crippen molar-refractivity contribution in [3.8, 4) is 0 Å². The summed E-state index contributed by atoms with van der Waals surface area (Å²) in [4.78, 5) is 38.4. The monoisotopic (exact) mass is 367 g/mol. The lowest BCUT2D eigenvalue weighted by Crippen LogP contribution is -2.56. The topological polar surface area (TPSA) is 92.5 Å². The minimum absolute atomic E-state index is 0.206. The number of amides is 2. The van der Waals surface area contributed by atoms with E-state index in [4.69, 9.17) is 17.3 Å². The van der Waals surface area contributed by atoms with Crippen LogP contribution in [0.3, 0.4) is 0 Å². The first kappa shape index (κ1) is 19.7. The van der Waals surface area contributed by atoms with Crippen molar-refractivity contribution >= 4 is 29.7 Å². The van der Waals surface area contributed by atoms with E-state index in [-0.39, 0.29) is 11.9 Å². The molecule has 3 atom stereocenters. The maximum Gasteiger partial charge on any atom is 0.253 e. The second-order valence-corrected chi connectivity index (χ2v) is 8.15. The molecule has 2 amide bonds. The molecule has 0 aromatic rings. The summed E-state index contributed by atoms with van der Waals surface area (Å²) in [5.74, 6) is -0.632.